The largest absolute Gasteiger partial charge is 0.396 e. The van der Waals surface area contributed by atoms with Gasteiger partial charge in [-0.2, -0.15) is 0 Å². The predicted molar refractivity (Wildman–Crippen MR) is 88.5 cm³/mol. The Hall–Kier alpha value is -1.92. The molecule has 0 aliphatic rings. The van der Waals surface area contributed by atoms with Gasteiger partial charge in [-0.1, -0.05) is 23.5 Å². The lowest BCUT2D eigenvalue weighted by molar-refractivity contribution is -0.116. The highest BCUT2D eigenvalue weighted by Crippen LogP contribution is 2.12. The Morgan fingerprint density at radius 2 is 1.95 bits per heavy atom. The minimum absolute atomic E-state index is 0.0174. The minimum atomic E-state index is -0.120. The van der Waals surface area contributed by atoms with Gasteiger partial charge in [-0.3, -0.25) is 9.59 Å². The molecule has 0 saturated heterocycles. The molecule has 0 radical (unpaired) electrons. The highest BCUT2D eigenvalue weighted by atomic mass is 32.1. The molecule has 1 aromatic heterocycles. The lowest BCUT2D eigenvalue weighted by Gasteiger charge is -2.07. The standard InChI is InChI=1S/C16H20N2O3S/c1-11-12(2)22-16(21)18(11)9-7-15(20)17-14-5-3-13(4-6-14)8-10-19/h3-6,19H,7-10H2,1-2H3,(H,17,20). The number of aromatic nitrogens is 1. The van der Waals surface area contributed by atoms with Crippen LogP contribution in [-0.4, -0.2) is 22.2 Å². The molecule has 0 bridgehead atoms. The van der Waals surface area contributed by atoms with Crippen molar-refractivity contribution in [2.75, 3.05) is 11.9 Å². The zero-order valence-electron chi connectivity index (χ0n) is 12.8. The number of rotatable bonds is 6. The third-order valence-electron chi connectivity index (χ3n) is 3.58. The molecule has 1 amide bonds. The summed E-state index contributed by atoms with van der Waals surface area (Å²) >= 11 is 1.21. The van der Waals surface area contributed by atoms with Crippen molar-refractivity contribution in [2.24, 2.45) is 0 Å². The van der Waals surface area contributed by atoms with Crippen molar-refractivity contribution in [3.05, 3.63) is 50.1 Å². The molecule has 0 spiro atoms. The molecule has 0 unspecified atom stereocenters. The monoisotopic (exact) mass is 320 g/mol. The number of nitrogens with one attached hydrogen (secondary N) is 1. The van der Waals surface area contributed by atoms with Gasteiger partial charge in [0.1, 0.15) is 0 Å². The summed E-state index contributed by atoms with van der Waals surface area (Å²) in [5, 5.41) is 11.7. The number of aliphatic hydroxyl groups excluding tert-OH is 1. The fraction of sp³-hybridized carbons (Fsp3) is 0.375. The van der Waals surface area contributed by atoms with Crippen LogP contribution in [0.5, 0.6) is 0 Å². The molecule has 0 saturated carbocycles. The van der Waals surface area contributed by atoms with Gasteiger partial charge in [0.05, 0.1) is 0 Å². The molecule has 0 fully saturated rings. The van der Waals surface area contributed by atoms with Gasteiger partial charge in [-0.05, 0) is 38.0 Å². The number of carbonyl (C=O) groups excluding carboxylic acids is 1. The highest BCUT2D eigenvalue weighted by molar-refractivity contribution is 7.09. The van der Waals surface area contributed by atoms with Crippen LogP contribution >= 0.6 is 11.3 Å². The summed E-state index contributed by atoms with van der Waals surface area (Å²) < 4.78 is 1.64. The quantitative estimate of drug-likeness (QED) is 0.856. The maximum absolute atomic E-state index is 12.0. The zero-order chi connectivity index (χ0) is 16.1. The Kier molecular flexibility index (Phi) is 5.51. The summed E-state index contributed by atoms with van der Waals surface area (Å²) in [6, 6.07) is 7.38. The third-order valence-corrected chi connectivity index (χ3v) is 4.57. The second-order valence-corrected chi connectivity index (χ2v) is 6.30. The fourth-order valence-corrected chi connectivity index (χ4v) is 3.02. The van der Waals surface area contributed by atoms with E-state index in [9.17, 15) is 9.59 Å². The van der Waals surface area contributed by atoms with Gasteiger partial charge in [0.25, 0.3) is 0 Å². The lowest BCUT2D eigenvalue weighted by atomic mass is 10.1. The Balaban J connectivity index is 1.91. The molecule has 5 nitrogen and oxygen atoms in total. The van der Waals surface area contributed by atoms with Crippen molar-refractivity contribution < 1.29 is 9.90 Å². The van der Waals surface area contributed by atoms with Crippen molar-refractivity contribution in [1.29, 1.82) is 0 Å². The van der Waals surface area contributed by atoms with Crippen molar-refractivity contribution in [3.8, 4) is 0 Å². The maximum atomic E-state index is 12.0. The van der Waals surface area contributed by atoms with Gasteiger partial charge in [0.2, 0.25) is 5.91 Å². The van der Waals surface area contributed by atoms with E-state index in [2.05, 4.69) is 5.32 Å². The molecule has 2 N–H and O–H groups in total. The third kappa shape index (κ3) is 4.05. The molecule has 1 aromatic carbocycles. The second kappa shape index (κ2) is 7.38. The van der Waals surface area contributed by atoms with Gasteiger partial charge in [-0.25, -0.2) is 0 Å². The number of anilines is 1. The Bertz CT molecular complexity index is 701. The first-order chi connectivity index (χ1) is 10.5. The summed E-state index contributed by atoms with van der Waals surface area (Å²) in [7, 11) is 0. The van der Waals surface area contributed by atoms with Crippen molar-refractivity contribution in [2.45, 2.75) is 33.2 Å². The number of nitrogens with zero attached hydrogens (tertiary/aromatic N) is 1. The second-order valence-electron chi connectivity index (χ2n) is 5.13. The molecule has 2 aromatic rings. The molecule has 6 heteroatoms. The normalized spacial score (nSPS) is 10.7. The number of hydrogen-bond acceptors (Lipinski definition) is 4. The van der Waals surface area contributed by atoms with Gasteiger partial charge >= 0.3 is 4.87 Å². The van der Waals surface area contributed by atoms with Crippen LogP contribution in [0.4, 0.5) is 5.69 Å². The molecule has 0 aliphatic heterocycles. The first kappa shape index (κ1) is 16.5. The van der Waals surface area contributed by atoms with Crippen molar-refractivity contribution in [1.82, 2.24) is 4.57 Å². The smallest absolute Gasteiger partial charge is 0.307 e. The van der Waals surface area contributed by atoms with E-state index in [-0.39, 0.29) is 23.8 Å². The molecule has 1 heterocycles. The van der Waals surface area contributed by atoms with E-state index < -0.39 is 0 Å². The topological polar surface area (TPSA) is 71.3 Å². The highest BCUT2D eigenvalue weighted by Gasteiger charge is 2.09. The first-order valence-electron chi connectivity index (χ1n) is 7.17. The first-order valence-corrected chi connectivity index (χ1v) is 7.99. The molecule has 0 atom stereocenters. The molecular formula is C16H20N2O3S. The van der Waals surface area contributed by atoms with Crippen LogP contribution in [0.2, 0.25) is 0 Å². The Labute approximate surface area is 133 Å². The number of carbonyl (C=O) groups is 1. The molecule has 0 aliphatic carbocycles. The average molecular weight is 320 g/mol. The van der Waals surface area contributed by atoms with Crippen LogP contribution in [0.15, 0.2) is 29.1 Å². The number of thiazole rings is 1. The summed E-state index contributed by atoms with van der Waals surface area (Å²) in [6.07, 6.45) is 0.864. The fourth-order valence-electron chi connectivity index (χ4n) is 2.17. The molecule has 2 rings (SSSR count). The van der Waals surface area contributed by atoms with E-state index in [0.29, 0.717) is 13.0 Å². The number of hydrogen-bond donors (Lipinski definition) is 2. The maximum Gasteiger partial charge on any atom is 0.307 e. The van der Waals surface area contributed by atoms with Gasteiger partial charge in [0, 0.05) is 35.8 Å². The van der Waals surface area contributed by atoms with E-state index in [1.807, 2.05) is 38.1 Å². The van der Waals surface area contributed by atoms with Gasteiger partial charge in [-0.15, -0.1) is 0 Å². The van der Waals surface area contributed by atoms with Gasteiger partial charge in [0.15, 0.2) is 0 Å². The number of benzene rings is 1. The lowest BCUT2D eigenvalue weighted by Crippen LogP contribution is -2.20. The van der Waals surface area contributed by atoms with E-state index in [1.165, 1.54) is 11.3 Å². The van der Waals surface area contributed by atoms with Crippen LogP contribution in [0, 0.1) is 13.8 Å². The molecule has 22 heavy (non-hydrogen) atoms. The van der Waals surface area contributed by atoms with Crippen LogP contribution in [-0.2, 0) is 17.8 Å². The molecular weight excluding hydrogens is 300 g/mol. The minimum Gasteiger partial charge on any atom is -0.396 e. The predicted octanol–water partition coefficient (Wildman–Crippen LogP) is 2.09. The Morgan fingerprint density at radius 3 is 2.50 bits per heavy atom. The van der Waals surface area contributed by atoms with Crippen LogP contribution in [0.25, 0.3) is 0 Å². The van der Waals surface area contributed by atoms with Crippen molar-refractivity contribution in [3.63, 3.8) is 0 Å². The summed E-state index contributed by atoms with van der Waals surface area (Å²) in [5.74, 6) is -0.120. The molecule has 118 valence electrons. The van der Waals surface area contributed by atoms with E-state index in [1.54, 1.807) is 4.57 Å². The van der Waals surface area contributed by atoms with Crippen LogP contribution in [0.1, 0.15) is 22.6 Å². The number of aryl methyl sites for hydroxylation is 1. The van der Waals surface area contributed by atoms with Gasteiger partial charge < -0.3 is 15.0 Å². The van der Waals surface area contributed by atoms with E-state index >= 15 is 0 Å². The Morgan fingerprint density at radius 1 is 1.27 bits per heavy atom. The average Bonchev–Trinajstić information content (AvgIpc) is 2.72. The number of amides is 1. The van der Waals surface area contributed by atoms with Crippen LogP contribution in [0.3, 0.4) is 0 Å². The summed E-state index contributed by atoms with van der Waals surface area (Å²) in [4.78, 5) is 24.7. The SMILES string of the molecule is Cc1sc(=O)n(CCC(=O)Nc2ccc(CCO)cc2)c1C. The van der Waals surface area contributed by atoms with Crippen molar-refractivity contribution >= 4 is 22.9 Å². The van der Waals surface area contributed by atoms with E-state index in [4.69, 9.17) is 5.11 Å². The zero-order valence-corrected chi connectivity index (χ0v) is 13.6. The summed E-state index contributed by atoms with van der Waals surface area (Å²) in [5.41, 5.74) is 2.67. The summed E-state index contributed by atoms with van der Waals surface area (Å²) in [6.45, 7) is 4.31. The van der Waals surface area contributed by atoms with E-state index in [0.717, 1.165) is 21.8 Å². The number of aliphatic hydroxyl groups is 1. The van der Waals surface area contributed by atoms with Crippen LogP contribution < -0.4 is 10.2 Å².